The summed E-state index contributed by atoms with van der Waals surface area (Å²) in [6, 6.07) is 9.34. The molecule has 0 aromatic heterocycles. The second kappa shape index (κ2) is 8.79. The standard InChI is InChI=1S/C10H10FIN2O.C6H5FIN/c11-8-5-6(12)1-4-9(8)14-10(15)13-7-2-3-7;7-5-3-4(8)1-2-6(5)9/h1,4-5,7H,2-3H2,(H2,13,14,15);1-3H,9H2. The van der Waals surface area contributed by atoms with Crippen molar-refractivity contribution in [2.45, 2.75) is 18.9 Å². The number of nitrogens with one attached hydrogen (secondary N) is 2. The van der Waals surface area contributed by atoms with Crippen molar-refractivity contribution in [2.24, 2.45) is 0 Å². The molecule has 0 aliphatic heterocycles. The summed E-state index contributed by atoms with van der Waals surface area (Å²) in [5.41, 5.74) is 5.63. The second-order valence-electron chi connectivity index (χ2n) is 5.16. The van der Waals surface area contributed by atoms with Crippen LogP contribution < -0.4 is 16.4 Å². The predicted molar refractivity (Wildman–Crippen MR) is 108 cm³/mol. The molecule has 4 nitrogen and oxygen atoms in total. The van der Waals surface area contributed by atoms with Crippen LogP contribution in [-0.4, -0.2) is 12.1 Å². The van der Waals surface area contributed by atoms with E-state index in [2.05, 4.69) is 10.6 Å². The lowest BCUT2D eigenvalue weighted by Crippen LogP contribution is -2.30. The van der Waals surface area contributed by atoms with Crippen LogP contribution in [0.4, 0.5) is 25.0 Å². The highest BCUT2D eigenvalue weighted by atomic mass is 127. The summed E-state index contributed by atoms with van der Waals surface area (Å²) in [5.74, 6) is -0.755. The van der Waals surface area contributed by atoms with Gasteiger partial charge in [0, 0.05) is 13.2 Å². The Morgan fingerprint density at radius 1 is 1.04 bits per heavy atom. The van der Waals surface area contributed by atoms with E-state index in [1.54, 1.807) is 24.3 Å². The summed E-state index contributed by atoms with van der Waals surface area (Å²) in [6.07, 6.45) is 2.03. The molecule has 1 aliphatic rings. The highest BCUT2D eigenvalue weighted by molar-refractivity contribution is 14.1. The van der Waals surface area contributed by atoms with Crippen molar-refractivity contribution in [3.8, 4) is 0 Å². The topological polar surface area (TPSA) is 67.2 Å². The largest absolute Gasteiger partial charge is 0.396 e. The van der Waals surface area contributed by atoms with Crippen LogP contribution in [0.5, 0.6) is 0 Å². The Balaban J connectivity index is 0.000000198. The van der Waals surface area contributed by atoms with E-state index in [0.29, 0.717) is 0 Å². The van der Waals surface area contributed by atoms with E-state index >= 15 is 0 Å². The van der Waals surface area contributed by atoms with Crippen LogP contribution in [0, 0.1) is 18.8 Å². The number of nitrogens with two attached hydrogens (primary N) is 1. The first kappa shape index (κ1) is 19.2. The van der Waals surface area contributed by atoms with Crippen LogP contribution >= 0.6 is 45.2 Å². The second-order valence-corrected chi connectivity index (χ2v) is 7.65. The van der Waals surface area contributed by atoms with Gasteiger partial charge in [0.05, 0.1) is 11.4 Å². The zero-order valence-electron chi connectivity index (χ0n) is 12.5. The summed E-state index contributed by atoms with van der Waals surface area (Å²) < 4.78 is 27.4. The minimum atomic E-state index is -0.409. The molecule has 3 rings (SSSR count). The number of anilines is 2. The lowest BCUT2D eigenvalue weighted by atomic mass is 10.3. The van der Waals surface area contributed by atoms with Crippen molar-refractivity contribution in [2.75, 3.05) is 11.1 Å². The Morgan fingerprint density at radius 3 is 2.12 bits per heavy atom. The molecule has 0 radical (unpaired) electrons. The number of urea groups is 1. The molecular formula is C16H15F2I2N3O. The smallest absolute Gasteiger partial charge is 0.319 e. The normalized spacial score (nSPS) is 12.8. The van der Waals surface area contributed by atoms with Crippen LogP contribution in [0.3, 0.4) is 0 Å². The zero-order chi connectivity index (χ0) is 17.7. The number of hydrogen-bond acceptors (Lipinski definition) is 2. The van der Waals surface area contributed by atoms with Crippen molar-refractivity contribution in [3.63, 3.8) is 0 Å². The maximum Gasteiger partial charge on any atom is 0.319 e. The highest BCUT2D eigenvalue weighted by Crippen LogP contribution is 2.20. The molecule has 2 aromatic carbocycles. The molecule has 1 saturated carbocycles. The lowest BCUT2D eigenvalue weighted by molar-refractivity contribution is 0.251. The molecule has 0 saturated heterocycles. The number of carbonyl (C=O) groups excluding carboxylic acids is 1. The number of nitrogen functional groups attached to an aromatic ring is 1. The van der Waals surface area contributed by atoms with Gasteiger partial charge in [-0.05, 0) is 94.4 Å². The molecule has 2 amide bonds. The fraction of sp³-hybridized carbons (Fsp3) is 0.188. The number of carbonyl (C=O) groups is 1. The van der Waals surface area contributed by atoms with E-state index in [9.17, 15) is 13.6 Å². The first-order valence-corrected chi connectivity index (χ1v) is 9.24. The van der Waals surface area contributed by atoms with E-state index in [-0.39, 0.29) is 29.3 Å². The van der Waals surface area contributed by atoms with E-state index in [4.69, 9.17) is 5.73 Å². The molecule has 0 bridgehead atoms. The Kier molecular flexibility index (Phi) is 7.02. The molecule has 1 fully saturated rings. The Morgan fingerprint density at radius 2 is 1.62 bits per heavy atom. The van der Waals surface area contributed by atoms with Crippen molar-refractivity contribution in [1.82, 2.24) is 5.32 Å². The summed E-state index contributed by atoms with van der Waals surface area (Å²) in [6.45, 7) is 0. The van der Waals surface area contributed by atoms with Gasteiger partial charge in [-0.15, -0.1) is 0 Å². The van der Waals surface area contributed by atoms with Gasteiger partial charge in [0.2, 0.25) is 0 Å². The average molecular weight is 557 g/mol. The van der Waals surface area contributed by atoms with Crippen LogP contribution in [0.15, 0.2) is 36.4 Å². The molecular weight excluding hydrogens is 542 g/mol. The number of rotatable bonds is 2. The van der Waals surface area contributed by atoms with E-state index in [1.807, 2.05) is 45.2 Å². The molecule has 0 unspecified atom stereocenters. The predicted octanol–water partition coefficient (Wildman–Crippen LogP) is 4.73. The van der Waals surface area contributed by atoms with Gasteiger partial charge >= 0.3 is 6.03 Å². The molecule has 128 valence electrons. The highest BCUT2D eigenvalue weighted by Gasteiger charge is 2.23. The van der Waals surface area contributed by atoms with Crippen molar-refractivity contribution in [3.05, 3.63) is 55.2 Å². The average Bonchev–Trinajstić information content (AvgIpc) is 3.31. The Hall–Kier alpha value is -1.17. The number of halogens is 4. The molecule has 0 heterocycles. The number of benzene rings is 2. The van der Waals surface area contributed by atoms with Crippen molar-refractivity contribution in [1.29, 1.82) is 0 Å². The molecule has 4 N–H and O–H groups in total. The van der Waals surface area contributed by atoms with Gasteiger partial charge in [0.1, 0.15) is 11.6 Å². The molecule has 24 heavy (non-hydrogen) atoms. The van der Waals surface area contributed by atoms with Crippen molar-refractivity contribution < 1.29 is 13.6 Å². The molecule has 2 aromatic rings. The fourth-order valence-electron chi connectivity index (χ4n) is 1.66. The molecule has 8 heteroatoms. The van der Waals surface area contributed by atoms with Gasteiger partial charge < -0.3 is 16.4 Å². The number of amides is 2. The van der Waals surface area contributed by atoms with E-state index in [1.165, 1.54) is 12.1 Å². The summed E-state index contributed by atoms with van der Waals surface area (Å²) in [4.78, 5) is 11.3. The van der Waals surface area contributed by atoms with Gasteiger partial charge in [-0.25, -0.2) is 13.6 Å². The Bertz CT molecular complexity index is 739. The number of hydrogen-bond donors (Lipinski definition) is 3. The third-order valence-electron chi connectivity index (χ3n) is 3.05. The van der Waals surface area contributed by atoms with Gasteiger partial charge in [0.15, 0.2) is 0 Å². The van der Waals surface area contributed by atoms with Crippen LogP contribution in [0.2, 0.25) is 0 Å². The van der Waals surface area contributed by atoms with E-state index in [0.717, 1.165) is 20.0 Å². The SMILES string of the molecule is Nc1ccc(I)cc1F.O=C(Nc1ccc(I)cc1F)NC1CC1. The summed E-state index contributed by atoms with van der Waals surface area (Å²) in [7, 11) is 0. The van der Waals surface area contributed by atoms with Gasteiger partial charge in [-0.3, -0.25) is 0 Å². The Labute approximate surface area is 165 Å². The molecule has 1 aliphatic carbocycles. The first-order chi connectivity index (χ1) is 11.3. The minimum Gasteiger partial charge on any atom is -0.396 e. The minimum absolute atomic E-state index is 0.204. The third kappa shape index (κ3) is 6.38. The van der Waals surface area contributed by atoms with Crippen molar-refractivity contribution >= 4 is 62.6 Å². The maximum absolute atomic E-state index is 13.3. The quantitative estimate of drug-likeness (QED) is 0.370. The third-order valence-corrected chi connectivity index (χ3v) is 4.40. The fourth-order valence-corrected chi connectivity index (χ4v) is 2.57. The van der Waals surface area contributed by atoms with Gasteiger partial charge in [0.25, 0.3) is 0 Å². The monoisotopic (exact) mass is 557 g/mol. The van der Waals surface area contributed by atoms with Crippen LogP contribution in [0.1, 0.15) is 12.8 Å². The molecule has 0 atom stereocenters. The first-order valence-electron chi connectivity index (χ1n) is 7.08. The lowest BCUT2D eigenvalue weighted by Gasteiger charge is -2.07. The van der Waals surface area contributed by atoms with E-state index < -0.39 is 5.82 Å². The van der Waals surface area contributed by atoms with Crippen LogP contribution in [-0.2, 0) is 0 Å². The zero-order valence-corrected chi connectivity index (χ0v) is 16.8. The molecule has 0 spiro atoms. The summed E-state index contributed by atoms with van der Waals surface area (Å²) >= 11 is 4.04. The van der Waals surface area contributed by atoms with Gasteiger partial charge in [-0.1, -0.05) is 0 Å². The van der Waals surface area contributed by atoms with Crippen LogP contribution in [0.25, 0.3) is 0 Å². The summed E-state index contributed by atoms with van der Waals surface area (Å²) in [5, 5.41) is 5.21. The van der Waals surface area contributed by atoms with Gasteiger partial charge in [-0.2, -0.15) is 0 Å². The maximum atomic E-state index is 13.3.